The molecule has 0 saturated carbocycles. The number of halogens is 2. The third-order valence-corrected chi connectivity index (χ3v) is 4.71. The first-order valence-corrected chi connectivity index (χ1v) is 8.61. The van der Waals surface area contributed by atoms with E-state index < -0.39 is 18.6 Å². The van der Waals surface area contributed by atoms with E-state index in [0.29, 0.717) is 18.5 Å². The Morgan fingerprint density at radius 1 is 1.16 bits per heavy atom. The van der Waals surface area contributed by atoms with Crippen LogP contribution < -0.4 is 0 Å². The van der Waals surface area contributed by atoms with E-state index in [9.17, 15) is 18.4 Å². The van der Waals surface area contributed by atoms with Crippen molar-refractivity contribution in [3.05, 3.63) is 35.9 Å². The molecule has 0 aliphatic carbocycles. The van der Waals surface area contributed by atoms with Gasteiger partial charge in [-0.05, 0) is 18.4 Å². The molecule has 0 N–H and O–H groups in total. The van der Waals surface area contributed by atoms with Gasteiger partial charge < -0.3 is 14.5 Å². The molecule has 2 saturated heterocycles. The second kappa shape index (κ2) is 7.91. The van der Waals surface area contributed by atoms with Gasteiger partial charge in [-0.25, -0.2) is 8.78 Å². The topological polar surface area (TPSA) is 49.9 Å². The number of benzene rings is 1. The Hall–Kier alpha value is -2.02. The molecule has 0 spiro atoms. The SMILES string of the molecule is O=C([C@@H](c1ccccc1)N1CCCCC1=O)N1CCO[C@H](C(F)F)C1. The number of hydrogen-bond acceptors (Lipinski definition) is 3. The summed E-state index contributed by atoms with van der Waals surface area (Å²) in [4.78, 5) is 28.5. The first kappa shape index (κ1) is 17.8. The second-order valence-corrected chi connectivity index (χ2v) is 6.39. The van der Waals surface area contributed by atoms with E-state index in [-0.39, 0.29) is 31.5 Å². The van der Waals surface area contributed by atoms with Gasteiger partial charge in [-0.2, -0.15) is 0 Å². The van der Waals surface area contributed by atoms with Crippen LogP contribution >= 0.6 is 0 Å². The van der Waals surface area contributed by atoms with Crippen molar-refractivity contribution in [2.24, 2.45) is 0 Å². The molecule has 1 aromatic rings. The summed E-state index contributed by atoms with van der Waals surface area (Å²) in [6, 6.07) is 8.30. The first-order chi connectivity index (χ1) is 12.1. The molecule has 7 heteroatoms. The van der Waals surface area contributed by atoms with Crippen LogP contribution in [-0.4, -0.2) is 60.4 Å². The minimum absolute atomic E-state index is 0.0628. The fraction of sp³-hybridized carbons (Fsp3) is 0.556. The van der Waals surface area contributed by atoms with Gasteiger partial charge in [0.2, 0.25) is 11.8 Å². The van der Waals surface area contributed by atoms with E-state index in [1.54, 1.807) is 17.0 Å². The molecule has 0 radical (unpaired) electrons. The predicted octanol–water partition coefficient (Wildman–Crippen LogP) is 2.23. The number of likely N-dealkylation sites (tertiary alicyclic amines) is 1. The van der Waals surface area contributed by atoms with Gasteiger partial charge in [-0.3, -0.25) is 9.59 Å². The summed E-state index contributed by atoms with van der Waals surface area (Å²) in [6.45, 7) is 0.693. The highest BCUT2D eigenvalue weighted by Crippen LogP contribution is 2.28. The monoisotopic (exact) mass is 352 g/mol. The highest BCUT2D eigenvalue weighted by atomic mass is 19.3. The normalized spacial score (nSPS) is 23.0. The van der Waals surface area contributed by atoms with Crippen molar-refractivity contribution in [3.8, 4) is 0 Å². The van der Waals surface area contributed by atoms with Crippen LogP contribution in [0, 0.1) is 0 Å². The molecular formula is C18H22F2N2O3. The van der Waals surface area contributed by atoms with Gasteiger partial charge in [-0.1, -0.05) is 30.3 Å². The van der Waals surface area contributed by atoms with Crippen LogP contribution in [0.1, 0.15) is 30.9 Å². The third kappa shape index (κ3) is 3.98. The summed E-state index contributed by atoms with van der Waals surface area (Å²) >= 11 is 0. The highest BCUT2D eigenvalue weighted by Gasteiger charge is 2.38. The van der Waals surface area contributed by atoms with Crippen LogP contribution in [-0.2, 0) is 14.3 Å². The van der Waals surface area contributed by atoms with Crippen molar-refractivity contribution in [1.82, 2.24) is 9.80 Å². The van der Waals surface area contributed by atoms with Crippen LogP contribution in [0.4, 0.5) is 8.78 Å². The van der Waals surface area contributed by atoms with Crippen molar-refractivity contribution in [2.45, 2.75) is 37.8 Å². The van der Waals surface area contributed by atoms with Gasteiger partial charge in [0.05, 0.1) is 13.2 Å². The summed E-state index contributed by atoms with van der Waals surface area (Å²) in [6.07, 6.45) is -1.84. The molecule has 0 unspecified atom stereocenters. The zero-order chi connectivity index (χ0) is 17.8. The summed E-state index contributed by atoms with van der Waals surface area (Å²) < 4.78 is 31.0. The largest absolute Gasteiger partial charge is 0.369 e. The zero-order valence-electron chi connectivity index (χ0n) is 13.9. The number of piperidine rings is 1. The Morgan fingerprint density at radius 2 is 1.92 bits per heavy atom. The van der Waals surface area contributed by atoms with Gasteiger partial charge in [0.25, 0.3) is 6.43 Å². The molecule has 136 valence electrons. The van der Waals surface area contributed by atoms with E-state index >= 15 is 0 Å². The number of morpholine rings is 1. The maximum atomic E-state index is 13.1. The lowest BCUT2D eigenvalue weighted by Gasteiger charge is -2.39. The summed E-state index contributed by atoms with van der Waals surface area (Å²) in [5, 5.41) is 0. The molecular weight excluding hydrogens is 330 g/mol. The number of hydrogen-bond donors (Lipinski definition) is 0. The minimum atomic E-state index is -2.64. The molecule has 2 aliphatic heterocycles. The van der Waals surface area contributed by atoms with E-state index in [4.69, 9.17) is 4.74 Å². The second-order valence-electron chi connectivity index (χ2n) is 6.39. The van der Waals surface area contributed by atoms with Gasteiger partial charge in [0.1, 0.15) is 12.1 Å². The fourth-order valence-electron chi connectivity index (χ4n) is 3.39. The molecule has 25 heavy (non-hydrogen) atoms. The summed E-state index contributed by atoms with van der Waals surface area (Å²) in [7, 11) is 0. The van der Waals surface area contributed by atoms with E-state index in [1.807, 2.05) is 18.2 Å². The minimum Gasteiger partial charge on any atom is -0.369 e. The number of alkyl halides is 2. The molecule has 0 bridgehead atoms. The number of ether oxygens (including phenoxy) is 1. The molecule has 0 aromatic heterocycles. The lowest BCUT2D eigenvalue weighted by molar-refractivity contribution is -0.157. The Labute approximate surface area is 145 Å². The Bertz CT molecular complexity index is 612. The number of nitrogens with zero attached hydrogens (tertiary/aromatic N) is 2. The van der Waals surface area contributed by atoms with Crippen molar-refractivity contribution < 1.29 is 23.1 Å². The van der Waals surface area contributed by atoms with Crippen molar-refractivity contribution in [3.63, 3.8) is 0 Å². The Morgan fingerprint density at radius 3 is 2.60 bits per heavy atom. The van der Waals surface area contributed by atoms with Crippen molar-refractivity contribution >= 4 is 11.8 Å². The Balaban J connectivity index is 1.86. The smallest absolute Gasteiger partial charge is 0.266 e. The van der Waals surface area contributed by atoms with Gasteiger partial charge in [0, 0.05) is 19.5 Å². The van der Waals surface area contributed by atoms with Crippen LogP contribution in [0.15, 0.2) is 30.3 Å². The summed E-state index contributed by atoms with van der Waals surface area (Å²) in [5.74, 6) is -0.373. The number of carbonyl (C=O) groups is 2. The molecule has 1 aromatic carbocycles. The molecule has 2 heterocycles. The lowest BCUT2D eigenvalue weighted by Crippen LogP contribution is -2.53. The average molecular weight is 352 g/mol. The molecule has 2 aliphatic rings. The number of rotatable bonds is 4. The van der Waals surface area contributed by atoms with Crippen molar-refractivity contribution in [1.29, 1.82) is 0 Å². The van der Waals surface area contributed by atoms with Gasteiger partial charge in [0.15, 0.2) is 0 Å². The first-order valence-electron chi connectivity index (χ1n) is 8.61. The fourth-order valence-corrected chi connectivity index (χ4v) is 3.39. The number of carbonyl (C=O) groups excluding carboxylic acids is 2. The van der Waals surface area contributed by atoms with Crippen molar-refractivity contribution in [2.75, 3.05) is 26.2 Å². The molecule has 2 amide bonds. The highest BCUT2D eigenvalue weighted by molar-refractivity contribution is 5.89. The molecule has 2 fully saturated rings. The Kier molecular flexibility index (Phi) is 5.63. The molecule has 3 rings (SSSR count). The molecule has 5 nitrogen and oxygen atoms in total. The maximum absolute atomic E-state index is 13.1. The maximum Gasteiger partial charge on any atom is 0.266 e. The lowest BCUT2D eigenvalue weighted by atomic mass is 9.99. The zero-order valence-corrected chi connectivity index (χ0v) is 13.9. The number of amides is 2. The van der Waals surface area contributed by atoms with Gasteiger partial charge in [-0.15, -0.1) is 0 Å². The summed E-state index contributed by atoms with van der Waals surface area (Å²) in [5.41, 5.74) is 0.711. The van der Waals surface area contributed by atoms with E-state index in [2.05, 4.69) is 0 Å². The van der Waals surface area contributed by atoms with Crippen LogP contribution in [0.2, 0.25) is 0 Å². The standard InChI is InChI=1S/C18H22F2N2O3/c19-17(20)14-12-21(10-11-25-14)18(24)16(13-6-2-1-3-7-13)22-9-5-4-8-15(22)23/h1-3,6-7,14,16-17H,4-5,8-12H2/t14-,16+/m0/s1. The van der Waals surface area contributed by atoms with Crippen LogP contribution in [0.25, 0.3) is 0 Å². The molecule has 2 atom stereocenters. The van der Waals surface area contributed by atoms with Gasteiger partial charge >= 0.3 is 0 Å². The van der Waals surface area contributed by atoms with Crippen LogP contribution in [0.3, 0.4) is 0 Å². The van der Waals surface area contributed by atoms with E-state index in [0.717, 1.165) is 12.8 Å². The third-order valence-electron chi connectivity index (χ3n) is 4.71. The van der Waals surface area contributed by atoms with E-state index in [1.165, 1.54) is 4.90 Å². The average Bonchev–Trinajstić information content (AvgIpc) is 2.64. The quantitative estimate of drug-likeness (QED) is 0.835. The predicted molar refractivity (Wildman–Crippen MR) is 87.1 cm³/mol. The van der Waals surface area contributed by atoms with Crippen LogP contribution in [0.5, 0.6) is 0 Å².